The summed E-state index contributed by atoms with van der Waals surface area (Å²) in [6.45, 7) is 3.05. The molecular weight excluding hydrogens is 384 g/mol. The summed E-state index contributed by atoms with van der Waals surface area (Å²) in [5.41, 5.74) is 3.20. The van der Waals surface area contributed by atoms with E-state index < -0.39 is 23.5 Å². The Bertz CT molecular complexity index is 1000. The molecule has 0 atom stereocenters. The highest BCUT2D eigenvalue weighted by atomic mass is 16.5. The van der Waals surface area contributed by atoms with E-state index >= 15 is 0 Å². The molecule has 0 bridgehead atoms. The predicted molar refractivity (Wildman–Crippen MR) is 111 cm³/mol. The molecule has 30 heavy (non-hydrogen) atoms. The lowest BCUT2D eigenvalue weighted by molar-refractivity contribution is -0.130. The summed E-state index contributed by atoms with van der Waals surface area (Å²) in [5.74, 6) is 2.34. The zero-order valence-electron chi connectivity index (χ0n) is 16.7. The number of carbonyl (C=O) groups excluding carboxylic acids is 2. The molecule has 3 N–H and O–H groups in total. The number of hydrogen-bond donors (Lipinski definition) is 3. The number of hydrogen-bond acceptors (Lipinski definition) is 4. The number of ether oxygens (including phenoxy) is 1. The van der Waals surface area contributed by atoms with Gasteiger partial charge in [0.1, 0.15) is 12.1 Å². The van der Waals surface area contributed by atoms with E-state index in [0.29, 0.717) is 0 Å². The number of nitrogens with one attached hydrogen (secondary N) is 2. The number of amides is 2. The number of carbonyl (C=O) groups is 3. The normalized spacial score (nSPS) is 12.1. The van der Waals surface area contributed by atoms with Crippen molar-refractivity contribution in [2.24, 2.45) is 0 Å². The van der Waals surface area contributed by atoms with Crippen molar-refractivity contribution in [1.82, 2.24) is 10.6 Å². The van der Waals surface area contributed by atoms with E-state index in [9.17, 15) is 14.4 Å². The Hall–Kier alpha value is -3.79. The third-order valence-electron chi connectivity index (χ3n) is 4.86. The number of benzene rings is 2. The predicted octanol–water partition coefficient (Wildman–Crippen LogP) is 2.51. The smallest absolute Gasteiger partial charge is 0.408 e. The van der Waals surface area contributed by atoms with Crippen LogP contribution in [0, 0.1) is 11.8 Å². The second kappa shape index (κ2) is 8.70. The molecule has 154 valence electrons. The van der Waals surface area contributed by atoms with Crippen LogP contribution >= 0.6 is 0 Å². The van der Waals surface area contributed by atoms with Crippen molar-refractivity contribution in [2.75, 3.05) is 13.2 Å². The topological polar surface area (TPSA) is 105 Å². The first-order valence-electron chi connectivity index (χ1n) is 9.43. The van der Waals surface area contributed by atoms with E-state index in [4.69, 9.17) is 9.84 Å². The highest BCUT2D eigenvalue weighted by Gasteiger charge is 2.32. The van der Waals surface area contributed by atoms with Crippen molar-refractivity contribution < 1.29 is 24.2 Å². The molecule has 0 aliphatic heterocycles. The molecule has 7 nitrogen and oxygen atoms in total. The van der Waals surface area contributed by atoms with E-state index in [2.05, 4.69) is 28.7 Å². The first-order valence-corrected chi connectivity index (χ1v) is 9.43. The van der Waals surface area contributed by atoms with Crippen LogP contribution in [0.25, 0.3) is 11.1 Å². The van der Waals surface area contributed by atoms with Crippen molar-refractivity contribution in [1.29, 1.82) is 0 Å². The molecule has 2 aromatic rings. The zero-order chi connectivity index (χ0) is 21.7. The summed E-state index contributed by atoms with van der Waals surface area (Å²) >= 11 is 0. The molecule has 1 aliphatic rings. The Morgan fingerprint density at radius 2 is 1.60 bits per heavy atom. The van der Waals surface area contributed by atoms with Gasteiger partial charge in [-0.25, -0.2) is 9.59 Å². The fourth-order valence-electron chi connectivity index (χ4n) is 3.41. The highest BCUT2D eigenvalue weighted by Crippen LogP contribution is 2.44. The van der Waals surface area contributed by atoms with Crippen molar-refractivity contribution in [3.05, 3.63) is 59.7 Å². The van der Waals surface area contributed by atoms with Crippen LogP contribution in [0.2, 0.25) is 0 Å². The van der Waals surface area contributed by atoms with Gasteiger partial charge in [0.15, 0.2) is 0 Å². The van der Waals surface area contributed by atoms with Crippen LogP contribution in [0.3, 0.4) is 0 Å². The summed E-state index contributed by atoms with van der Waals surface area (Å²) in [4.78, 5) is 34.9. The van der Waals surface area contributed by atoms with Gasteiger partial charge in [0.2, 0.25) is 5.91 Å². The maximum atomic E-state index is 12.3. The minimum atomic E-state index is -1.28. The quantitative estimate of drug-likeness (QED) is 0.662. The van der Waals surface area contributed by atoms with Gasteiger partial charge in [0.05, 0.1) is 6.54 Å². The average Bonchev–Trinajstić information content (AvgIpc) is 3.03. The highest BCUT2D eigenvalue weighted by molar-refractivity contribution is 5.90. The number of carboxylic acid groups (broad SMARTS) is 1. The van der Waals surface area contributed by atoms with Gasteiger partial charge >= 0.3 is 12.1 Å². The standard InChI is InChI=1S/C23H22N2O5/c1-23(2,21(28)24-13-7-12-20(26)27)25-22(29)30-14-19-17-10-5-3-8-15(17)16-9-4-6-11-18(16)19/h3-6,8-11,19H,13-14H2,1-2H3,(H,24,28)(H,25,29)(H,26,27). The van der Waals surface area contributed by atoms with Gasteiger partial charge in [-0.15, -0.1) is 0 Å². The lowest BCUT2D eigenvalue weighted by Crippen LogP contribution is -2.55. The van der Waals surface area contributed by atoms with Crippen LogP contribution in [0.4, 0.5) is 4.79 Å². The maximum Gasteiger partial charge on any atom is 0.408 e. The number of alkyl carbamates (subject to hydrolysis) is 1. The zero-order valence-corrected chi connectivity index (χ0v) is 16.7. The Morgan fingerprint density at radius 1 is 1.03 bits per heavy atom. The van der Waals surface area contributed by atoms with Gasteiger partial charge in [0, 0.05) is 11.8 Å². The molecule has 0 aromatic heterocycles. The van der Waals surface area contributed by atoms with Crippen LogP contribution in [0.5, 0.6) is 0 Å². The first-order chi connectivity index (χ1) is 14.3. The Labute approximate surface area is 174 Å². The van der Waals surface area contributed by atoms with Gasteiger partial charge in [-0.1, -0.05) is 54.5 Å². The Kier molecular flexibility index (Phi) is 6.07. The molecular formula is C23H22N2O5. The van der Waals surface area contributed by atoms with Gasteiger partial charge in [-0.05, 0) is 36.1 Å². The maximum absolute atomic E-state index is 12.3. The van der Waals surface area contributed by atoms with Gasteiger partial charge < -0.3 is 20.5 Å². The van der Waals surface area contributed by atoms with Crippen molar-refractivity contribution in [3.63, 3.8) is 0 Å². The number of rotatable bonds is 5. The summed E-state index contributed by atoms with van der Waals surface area (Å²) in [5, 5.41) is 13.5. The van der Waals surface area contributed by atoms with Crippen LogP contribution in [-0.4, -0.2) is 41.8 Å². The van der Waals surface area contributed by atoms with E-state index in [1.165, 1.54) is 13.8 Å². The fourth-order valence-corrected chi connectivity index (χ4v) is 3.41. The number of carboxylic acids is 1. The third-order valence-corrected chi connectivity index (χ3v) is 4.86. The molecule has 0 fully saturated rings. The molecule has 1 aliphatic carbocycles. The molecule has 3 rings (SSSR count). The molecule has 7 heteroatoms. The summed E-state index contributed by atoms with van der Waals surface area (Å²) < 4.78 is 5.45. The van der Waals surface area contributed by atoms with Crippen LogP contribution in [0.1, 0.15) is 30.9 Å². The average molecular weight is 406 g/mol. The van der Waals surface area contributed by atoms with Crippen LogP contribution in [0.15, 0.2) is 48.5 Å². The van der Waals surface area contributed by atoms with Crippen molar-refractivity contribution in [2.45, 2.75) is 25.3 Å². The lowest BCUT2D eigenvalue weighted by atomic mass is 9.98. The van der Waals surface area contributed by atoms with Gasteiger partial charge in [-0.3, -0.25) is 4.79 Å². The molecule has 2 aromatic carbocycles. The van der Waals surface area contributed by atoms with Crippen LogP contribution < -0.4 is 10.6 Å². The van der Waals surface area contributed by atoms with Crippen molar-refractivity contribution >= 4 is 18.0 Å². The number of aliphatic carboxylic acids is 1. The molecule has 0 radical (unpaired) electrons. The molecule has 0 unspecified atom stereocenters. The Balaban J connectivity index is 1.60. The summed E-state index contributed by atoms with van der Waals surface area (Å²) in [6, 6.07) is 16.0. The summed E-state index contributed by atoms with van der Waals surface area (Å²) in [6.07, 6.45) is -0.714. The minimum Gasteiger partial charge on any atom is -0.472 e. The molecule has 0 saturated heterocycles. The van der Waals surface area contributed by atoms with E-state index in [1.54, 1.807) is 0 Å². The largest absolute Gasteiger partial charge is 0.472 e. The Morgan fingerprint density at radius 3 is 2.17 bits per heavy atom. The molecule has 2 amide bonds. The first kappa shape index (κ1) is 20.9. The second-order valence-electron chi connectivity index (χ2n) is 7.37. The van der Waals surface area contributed by atoms with E-state index in [1.807, 2.05) is 42.3 Å². The van der Waals surface area contributed by atoms with Crippen LogP contribution in [-0.2, 0) is 14.3 Å². The molecule has 0 spiro atoms. The summed E-state index contributed by atoms with van der Waals surface area (Å²) in [7, 11) is 0. The third kappa shape index (κ3) is 4.61. The fraction of sp³-hybridized carbons (Fsp3) is 0.261. The second-order valence-corrected chi connectivity index (χ2v) is 7.37. The van der Waals surface area contributed by atoms with Gasteiger partial charge in [-0.2, -0.15) is 0 Å². The number of fused-ring (bicyclic) bond motifs is 3. The minimum absolute atomic E-state index is 0.0774. The van der Waals surface area contributed by atoms with E-state index in [0.717, 1.165) is 22.3 Å². The lowest BCUT2D eigenvalue weighted by Gasteiger charge is -2.24. The van der Waals surface area contributed by atoms with Gasteiger partial charge in [0.25, 0.3) is 0 Å². The molecule has 0 saturated carbocycles. The van der Waals surface area contributed by atoms with Crippen molar-refractivity contribution in [3.8, 4) is 23.0 Å². The SMILES string of the molecule is CC(C)(NC(=O)OCC1c2ccccc2-c2ccccc21)C(=O)NCC#CC(=O)O. The molecule has 0 heterocycles. The van der Waals surface area contributed by atoms with E-state index in [-0.39, 0.29) is 19.1 Å². The monoisotopic (exact) mass is 406 g/mol.